The molecule has 2 heterocycles. The van der Waals surface area contributed by atoms with Crippen LogP contribution in [0.3, 0.4) is 0 Å². The number of hydrogen-bond acceptors (Lipinski definition) is 4. The lowest BCUT2D eigenvalue weighted by atomic mass is 10.1. The third-order valence-electron chi connectivity index (χ3n) is 3.46. The smallest absolute Gasteiger partial charge is 0.313 e. The van der Waals surface area contributed by atoms with Crippen molar-refractivity contribution in [2.24, 2.45) is 5.92 Å². The molecular formula is C14H15ClN2O2S2. The number of carboxylic acids is 1. The van der Waals surface area contributed by atoms with Gasteiger partial charge in [-0.15, -0.1) is 0 Å². The van der Waals surface area contributed by atoms with Gasteiger partial charge < -0.3 is 9.67 Å². The fraction of sp³-hybridized carbons (Fsp3) is 0.429. The zero-order chi connectivity index (χ0) is 14.8. The molecule has 1 saturated heterocycles. The summed E-state index contributed by atoms with van der Waals surface area (Å²) in [6.07, 6.45) is 1.21. The topological polar surface area (TPSA) is 55.1 Å². The molecule has 1 aliphatic rings. The predicted octanol–water partition coefficient (Wildman–Crippen LogP) is 3.62. The van der Waals surface area contributed by atoms with Crippen molar-refractivity contribution in [2.45, 2.75) is 18.1 Å². The molecule has 0 spiro atoms. The lowest BCUT2D eigenvalue weighted by molar-refractivity contribution is -0.133. The highest BCUT2D eigenvalue weighted by molar-refractivity contribution is 7.99. The standard InChI is InChI=1S/C14H15ClN2O2S2/c15-10-1-2-12-11(5-10)16-14(21-8-13(18)19)17(12)6-9-3-4-20-7-9/h1-2,5,9H,3-4,6-8H2,(H,18,19). The first-order chi connectivity index (χ1) is 10.1. The average Bonchev–Trinajstić information content (AvgIpc) is 3.05. The highest BCUT2D eigenvalue weighted by Gasteiger charge is 2.20. The van der Waals surface area contributed by atoms with Gasteiger partial charge in [0.15, 0.2) is 5.16 Å². The molecule has 2 aromatic rings. The maximum absolute atomic E-state index is 10.8. The Morgan fingerprint density at radius 1 is 1.57 bits per heavy atom. The number of thioether (sulfide) groups is 2. The van der Waals surface area contributed by atoms with E-state index in [9.17, 15) is 4.79 Å². The summed E-state index contributed by atoms with van der Waals surface area (Å²) < 4.78 is 2.15. The highest BCUT2D eigenvalue weighted by atomic mass is 35.5. The molecule has 0 amide bonds. The van der Waals surface area contributed by atoms with Crippen molar-refractivity contribution in [3.8, 4) is 0 Å². The Bertz CT molecular complexity index is 668. The lowest BCUT2D eigenvalue weighted by Gasteiger charge is -2.13. The molecule has 1 aromatic carbocycles. The molecule has 21 heavy (non-hydrogen) atoms. The third kappa shape index (κ3) is 3.49. The molecule has 1 aliphatic heterocycles. The summed E-state index contributed by atoms with van der Waals surface area (Å²) in [5.41, 5.74) is 1.87. The van der Waals surface area contributed by atoms with Gasteiger partial charge in [-0.1, -0.05) is 23.4 Å². The van der Waals surface area contributed by atoms with Gasteiger partial charge in [-0.05, 0) is 42.0 Å². The highest BCUT2D eigenvalue weighted by Crippen LogP contribution is 2.31. The van der Waals surface area contributed by atoms with Crippen LogP contribution in [-0.4, -0.2) is 37.9 Å². The van der Waals surface area contributed by atoms with Gasteiger partial charge in [-0.3, -0.25) is 4.79 Å². The van der Waals surface area contributed by atoms with Crippen molar-refractivity contribution < 1.29 is 9.90 Å². The van der Waals surface area contributed by atoms with Crippen LogP contribution in [0.5, 0.6) is 0 Å². The fourth-order valence-corrected chi connectivity index (χ4v) is 4.66. The largest absolute Gasteiger partial charge is 0.481 e. The van der Waals surface area contributed by atoms with E-state index < -0.39 is 5.97 Å². The molecule has 1 unspecified atom stereocenters. The van der Waals surface area contributed by atoms with Gasteiger partial charge in [-0.25, -0.2) is 4.98 Å². The van der Waals surface area contributed by atoms with Crippen LogP contribution >= 0.6 is 35.1 Å². The van der Waals surface area contributed by atoms with Crippen molar-refractivity contribution in [3.05, 3.63) is 23.2 Å². The molecular weight excluding hydrogens is 328 g/mol. The van der Waals surface area contributed by atoms with Gasteiger partial charge in [-0.2, -0.15) is 11.8 Å². The summed E-state index contributed by atoms with van der Waals surface area (Å²) in [6.45, 7) is 0.896. The maximum Gasteiger partial charge on any atom is 0.313 e. The molecule has 1 N–H and O–H groups in total. The Morgan fingerprint density at radius 3 is 3.14 bits per heavy atom. The van der Waals surface area contributed by atoms with Crippen LogP contribution in [-0.2, 0) is 11.3 Å². The molecule has 1 aromatic heterocycles. The Morgan fingerprint density at radius 2 is 2.43 bits per heavy atom. The van der Waals surface area contributed by atoms with Crippen LogP contribution in [0.15, 0.2) is 23.4 Å². The number of halogens is 1. The zero-order valence-corrected chi connectivity index (χ0v) is 13.7. The van der Waals surface area contributed by atoms with E-state index in [1.807, 2.05) is 30.0 Å². The monoisotopic (exact) mass is 342 g/mol. The second-order valence-corrected chi connectivity index (χ2v) is 7.58. The first-order valence-corrected chi connectivity index (χ1v) is 9.23. The van der Waals surface area contributed by atoms with Gasteiger partial charge in [0.25, 0.3) is 0 Å². The minimum Gasteiger partial charge on any atom is -0.481 e. The molecule has 0 aliphatic carbocycles. The molecule has 112 valence electrons. The van der Waals surface area contributed by atoms with Crippen LogP contribution in [0.2, 0.25) is 5.02 Å². The van der Waals surface area contributed by atoms with Crippen LogP contribution in [0.1, 0.15) is 6.42 Å². The fourth-order valence-electron chi connectivity index (χ4n) is 2.48. The number of rotatable bonds is 5. The van der Waals surface area contributed by atoms with E-state index in [1.165, 1.54) is 23.9 Å². The van der Waals surface area contributed by atoms with Crippen molar-refractivity contribution >= 4 is 52.1 Å². The van der Waals surface area contributed by atoms with Gasteiger partial charge >= 0.3 is 5.97 Å². The average molecular weight is 343 g/mol. The number of imidazole rings is 1. The summed E-state index contributed by atoms with van der Waals surface area (Å²) in [5, 5.41) is 10.3. The predicted molar refractivity (Wildman–Crippen MR) is 88.5 cm³/mol. The van der Waals surface area contributed by atoms with Crippen LogP contribution < -0.4 is 0 Å². The van der Waals surface area contributed by atoms with Crippen molar-refractivity contribution in [3.63, 3.8) is 0 Å². The summed E-state index contributed by atoms with van der Waals surface area (Å²) in [5.74, 6) is 2.20. The Labute approximate surface area is 136 Å². The molecule has 1 fully saturated rings. The number of hydrogen-bond donors (Lipinski definition) is 1. The summed E-state index contributed by atoms with van der Waals surface area (Å²) in [4.78, 5) is 15.4. The number of aliphatic carboxylic acids is 1. The number of nitrogens with zero attached hydrogens (tertiary/aromatic N) is 2. The summed E-state index contributed by atoms with van der Waals surface area (Å²) >= 11 is 9.28. The van der Waals surface area contributed by atoms with Crippen LogP contribution in [0, 0.1) is 5.92 Å². The Balaban J connectivity index is 1.95. The molecule has 4 nitrogen and oxygen atoms in total. The van der Waals surface area contributed by atoms with E-state index in [0.29, 0.717) is 10.9 Å². The molecule has 0 radical (unpaired) electrons. The minimum absolute atomic E-state index is 0.0243. The third-order valence-corrected chi connectivity index (χ3v) is 5.89. The number of fused-ring (bicyclic) bond motifs is 1. The maximum atomic E-state index is 10.8. The number of benzene rings is 1. The van der Waals surface area contributed by atoms with E-state index in [0.717, 1.165) is 28.5 Å². The second kappa shape index (κ2) is 6.50. The molecule has 1 atom stereocenters. The first kappa shape index (κ1) is 15.1. The lowest BCUT2D eigenvalue weighted by Crippen LogP contribution is -2.11. The van der Waals surface area contributed by atoms with Gasteiger partial charge in [0.05, 0.1) is 16.8 Å². The number of carbonyl (C=O) groups is 1. The molecule has 0 saturated carbocycles. The molecule has 7 heteroatoms. The summed E-state index contributed by atoms with van der Waals surface area (Å²) in [6, 6.07) is 5.66. The van der Waals surface area contributed by atoms with Crippen LogP contribution in [0.4, 0.5) is 0 Å². The second-order valence-electron chi connectivity index (χ2n) is 5.05. The first-order valence-electron chi connectivity index (χ1n) is 6.71. The van der Waals surface area contributed by atoms with Gasteiger partial charge in [0.2, 0.25) is 0 Å². The molecule has 3 rings (SSSR count). The van der Waals surface area contributed by atoms with Crippen LogP contribution in [0.25, 0.3) is 11.0 Å². The van der Waals surface area contributed by atoms with E-state index in [2.05, 4.69) is 9.55 Å². The Kier molecular flexibility index (Phi) is 4.66. The minimum atomic E-state index is -0.826. The molecule has 0 bridgehead atoms. The van der Waals surface area contributed by atoms with E-state index in [4.69, 9.17) is 16.7 Å². The number of aromatic nitrogens is 2. The zero-order valence-electron chi connectivity index (χ0n) is 11.3. The van der Waals surface area contributed by atoms with E-state index in [-0.39, 0.29) is 5.75 Å². The summed E-state index contributed by atoms with van der Waals surface area (Å²) in [7, 11) is 0. The van der Waals surface area contributed by atoms with E-state index in [1.54, 1.807) is 0 Å². The SMILES string of the molecule is O=C(O)CSc1nc2cc(Cl)ccc2n1CC1CCSC1. The quantitative estimate of drug-likeness (QED) is 0.841. The van der Waals surface area contributed by atoms with Crippen molar-refractivity contribution in [1.82, 2.24) is 9.55 Å². The normalized spacial score (nSPS) is 18.4. The van der Waals surface area contributed by atoms with Crippen molar-refractivity contribution in [2.75, 3.05) is 17.3 Å². The Hall–Kier alpha value is -0.850. The van der Waals surface area contributed by atoms with Gasteiger partial charge in [0.1, 0.15) is 0 Å². The van der Waals surface area contributed by atoms with E-state index >= 15 is 0 Å². The van der Waals surface area contributed by atoms with Gasteiger partial charge in [0, 0.05) is 11.6 Å². The van der Waals surface area contributed by atoms with Crippen molar-refractivity contribution in [1.29, 1.82) is 0 Å². The number of carboxylic acid groups (broad SMARTS) is 1.